The lowest BCUT2D eigenvalue weighted by Crippen LogP contribution is -2.41. The Morgan fingerprint density at radius 1 is 1.35 bits per heavy atom. The summed E-state index contributed by atoms with van der Waals surface area (Å²) < 4.78 is 0. The van der Waals surface area contributed by atoms with Gasteiger partial charge in [0.25, 0.3) is 0 Å². The molecule has 0 radical (unpaired) electrons. The molecule has 3 nitrogen and oxygen atoms in total. The van der Waals surface area contributed by atoms with E-state index in [0.717, 1.165) is 13.0 Å². The summed E-state index contributed by atoms with van der Waals surface area (Å²) in [5.41, 5.74) is 7.09. The van der Waals surface area contributed by atoms with Crippen LogP contribution in [0.1, 0.15) is 24.8 Å². The van der Waals surface area contributed by atoms with Gasteiger partial charge in [0.1, 0.15) is 0 Å². The molecule has 1 aliphatic rings. The number of benzene rings is 1. The van der Waals surface area contributed by atoms with Crippen molar-refractivity contribution in [2.24, 2.45) is 11.7 Å². The third kappa shape index (κ3) is 4.19. The van der Waals surface area contributed by atoms with Crippen LogP contribution in [0.3, 0.4) is 0 Å². The summed E-state index contributed by atoms with van der Waals surface area (Å²) in [6.07, 6.45) is 4.07. The first-order valence-electron chi connectivity index (χ1n) is 6.33. The van der Waals surface area contributed by atoms with Crippen LogP contribution in [-0.4, -0.2) is 18.5 Å². The number of carbonyl (C=O) groups excluding carboxylic acids is 1. The number of rotatable bonds is 6. The minimum absolute atomic E-state index is 0.00664. The van der Waals surface area contributed by atoms with E-state index in [-0.39, 0.29) is 11.9 Å². The molecule has 1 atom stereocenters. The Hall–Kier alpha value is -1.35. The van der Waals surface area contributed by atoms with Gasteiger partial charge in [-0.2, -0.15) is 0 Å². The van der Waals surface area contributed by atoms with E-state index in [0.29, 0.717) is 12.3 Å². The highest BCUT2D eigenvalue weighted by Gasteiger charge is 2.22. The molecule has 92 valence electrons. The summed E-state index contributed by atoms with van der Waals surface area (Å²) in [4.78, 5) is 11.7. The van der Waals surface area contributed by atoms with Crippen LogP contribution in [0.15, 0.2) is 30.3 Å². The van der Waals surface area contributed by atoms with Crippen LogP contribution in [-0.2, 0) is 11.2 Å². The fourth-order valence-corrected chi connectivity index (χ4v) is 1.80. The third-order valence-electron chi connectivity index (χ3n) is 3.19. The predicted molar refractivity (Wildman–Crippen MR) is 68.5 cm³/mol. The van der Waals surface area contributed by atoms with Crippen LogP contribution < -0.4 is 11.1 Å². The summed E-state index contributed by atoms with van der Waals surface area (Å²) in [6, 6.07) is 9.76. The maximum atomic E-state index is 11.7. The monoisotopic (exact) mass is 232 g/mol. The third-order valence-corrected chi connectivity index (χ3v) is 3.19. The van der Waals surface area contributed by atoms with Crippen molar-refractivity contribution in [3.8, 4) is 0 Å². The van der Waals surface area contributed by atoms with Crippen molar-refractivity contribution in [2.75, 3.05) is 6.54 Å². The minimum Gasteiger partial charge on any atom is -0.354 e. The summed E-state index contributed by atoms with van der Waals surface area (Å²) >= 11 is 0. The van der Waals surface area contributed by atoms with Crippen molar-refractivity contribution in [1.82, 2.24) is 5.32 Å². The Morgan fingerprint density at radius 3 is 2.71 bits per heavy atom. The first-order valence-corrected chi connectivity index (χ1v) is 6.33. The highest BCUT2D eigenvalue weighted by Crippen LogP contribution is 2.27. The van der Waals surface area contributed by atoms with E-state index in [1.165, 1.54) is 18.4 Å². The molecule has 1 fully saturated rings. The van der Waals surface area contributed by atoms with Gasteiger partial charge < -0.3 is 11.1 Å². The molecular formula is C14H20N2O. The van der Waals surface area contributed by atoms with Gasteiger partial charge in [-0.15, -0.1) is 0 Å². The molecule has 1 saturated carbocycles. The van der Waals surface area contributed by atoms with E-state index in [2.05, 4.69) is 17.4 Å². The zero-order valence-electron chi connectivity index (χ0n) is 10.1. The quantitative estimate of drug-likeness (QED) is 0.780. The van der Waals surface area contributed by atoms with Crippen LogP contribution in [0, 0.1) is 5.92 Å². The summed E-state index contributed by atoms with van der Waals surface area (Å²) in [6.45, 7) is 0.803. The second-order valence-electron chi connectivity index (χ2n) is 4.82. The highest BCUT2D eigenvalue weighted by atomic mass is 16.2. The van der Waals surface area contributed by atoms with E-state index in [1.54, 1.807) is 0 Å². The second-order valence-corrected chi connectivity index (χ2v) is 4.82. The van der Waals surface area contributed by atoms with Gasteiger partial charge in [0.2, 0.25) is 5.91 Å². The Balaban J connectivity index is 1.68. The number of aryl methyl sites for hydroxylation is 1. The number of hydrogen-bond acceptors (Lipinski definition) is 2. The Kier molecular flexibility index (Phi) is 4.15. The van der Waals surface area contributed by atoms with Crippen LogP contribution in [0.25, 0.3) is 0 Å². The molecule has 1 amide bonds. The Bertz CT molecular complexity index is 360. The van der Waals surface area contributed by atoms with Gasteiger partial charge in [-0.05, 0) is 37.2 Å². The molecule has 0 bridgehead atoms. The Morgan fingerprint density at radius 2 is 2.06 bits per heavy atom. The average molecular weight is 232 g/mol. The van der Waals surface area contributed by atoms with Crippen LogP contribution >= 0.6 is 0 Å². The van der Waals surface area contributed by atoms with Gasteiger partial charge in [0.05, 0.1) is 6.04 Å². The van der Waals surface area contributed by atoms with Gasteiger partial charge in [0, 0.05) is 6.54 Å². The number of nitrogens with one attached hydrogen (secondary N) is 1. The van der Waals surface area contributed by atoms with Crippen molar-refractivity contribution in [1.29, 1.82) is 0 Å². The Labute approximate surface area is 102 Å². The van der Waals surface area contributed by atoms with Gasteiger partial charge in [-0.1, -0.05) is 30.3 Å². The lowest BCUT2D eigenvalue weighted by atomic mass is 10.1. The number of hydrogen-bond donors (Lipinski definition) is 2. The largest absolute Gasteiger partial charge is 0.354 e. The zero-order chi connectivity index (χ0) is 12.1. The van der Waals surface area contributed by atoms with E-state index < -0.39 is 0 Å². The molecule has 17 heavy (non-hydrogen) atoms. The normalized spacial score (nSPS) is 16.5. The summed E-state index contributed by atoms with van der Waals surface area (Å²) in [7, 11) is 0. The standard InChI is InChI=1S/C14H20N2O/c15-13(14(17)16-10-12-6-7-12)9-8-11-4-2-1-3-5-11/h1-5,12-13H,6-10,15H2,(H,16,17)/t13-/m0/s1. The molecule has 1 aromatic rings. The second kappa shape index (κ2) is 5.82. The van der Waals surface area contributed by atoms with Crippen LogP contribution in [0.2, 0.25) is 0 Å². The lowest BCUT2D eigenvalue weighted by Gasteiger charge is -2.11. The zero-order valence-corrected chi connectivity index (χ0v) is 10.1. The first-order chi connectivity index (χ1) is 8.25. The smallest absolute Gasteiger partial charge is 0.236 e. The van der Waals surface area contributed by atoms with Crippen molar-refractivity contribution in [2.45, 2.75) is 31.7 Å². The van der Waals surface area contributed by atoms with E-state index in [4.69, 9.17) is 5.73 Å². The number of carbonyl (C=O) groups is 1. The fraction of sp³-hybridized carbons (Fsp3) is 0.500. The molecule has 0 heterocycles. The van der Waals surface area contributed by atoms with E-state index in [9.17, 15) is 4.79 Å². The highest BCUT2D eigenvalue weighted by molar-refractivity contribution is 5.81. The SMILES string of the molecule is N[C@@H](CCc1ccccc1)C(=O)NCC1CC1. The maximum Gasteiger partial charge on any atom is 0.236 e. The number of amides is 1. The summed E-state index contributed by atoms with van der Waals surface area (Å²) in [5.74, 6) is 0.702. The van der Waals surface area contributed by atoms with Gasteiger partial charge in [0.15, 0.2) is 0 Å². The molecule has 1 aliphatic carbocycles. The summed E-state index contributed by atoms with van der Waals surface area (Å²) in [5, 5.41) is 2.92. The van der Waals surface area contributed by atoms with Crippen molar-refractivity contribution < 1.29 is 4.79 Å². The van der Waals surface area contributed by atoms with Gasteiger partial charge >= 0.3 is 0 Å². The van der Waals surface area contributed by atoms with Crippen molar-refractivity contribution in [3.63, 3.8) is 0 Å². The van der Waals surface area contributed by atoms with Gasteiger partial charge in [-0.3, -0.25) is 4.79 Å². The fourth-order valence-electron chi connectivity index (χ4n) is 1.80. The molecule has 0 saturated heterocycles. The van der Waals surface area contributed by atoms with E-state index >= 15 is 0 Å². The molecule has 0 unspecified atom stereocenters. The molecule has 3 heteroatoms. The molecule has 3 N–H and O–H groups in total. The van der Waals surface area contributed by atoms with Crippen molar-refractivity contribution in [3.05, 3.63) is 35.9 Å². The first kappa shape index (κ1) is 12.1. The molecule has 1 aromatic carbocycles. The topological polar surface area (TPSA) is 55.1 Å². The lowest BCUT2D eigenvalue weighted by molar-refractivity contribution is -0.122. The molecular weight excluding hydrogens is 212 g/mol. The molecule has 0 spiro atoms. The van der Waals surface area contributed by atoms with Crippen LogP contribution in [0.5, 0.6) is 0 Å². The van der Waals surface area contributed by atoms with Crippen molar-refractivity contribution >= 4 is 5.91 Å². The predicted octanol–water partition coefficient (Wildman–Crippen LogP) is 1.47. The van der Waals surface area contributed by atoms with Gasteiger partial charge in [-0.25, -0.2) is 0 Å². The average Bonchev–Trinajstić information content (AvgIpc) is 3.18. The van der Waals surface area contributed by atoms with E-state index in [1.807, 2.05) is 18.2 Å². The molecule has 2 rings (SSSR count). The van der Waals surface area contributed by atoms with Crippen LogP contribution in [0.4, 0.5) is 0 Å². The molecule has 0 aromatic heterocycles. The molecule has 0 aliphatic heterocycles. The maximum absolute atomic E-state index is 11.7. The number of nitrogens with two attached hydrogens (primary N) is 1. The minimum atomic E-state index is -0.381.